The Hall–Kier alpha value is -2.61. The molecular formula is C26H34ClN3O5. The summed E-state index contributed by atoms with van der Waals surface area (Å²) in [5.41, 5.74) is 0.117. The van der Waals surface area contributed by atoms with Gasteiger partial charge in [0.25, 0.3) is 0 Å². The molecule has 9 heteroatoms. The van der Waals surface area contributed by atoms with Crippen molar-refractivity contribution in [2.75, 3.05) is 6.54 Å². The zero-order valence-corrected chi connectivity index (χ0v) is 20.6. The molecule has 1 aromatic carbocycles. The Bertz CT molecular complexity index is 945. The molecule has 190 valence electrons. The van der Waals surface area contributed by atoms with E-state index in [9.17, 15) is 19.2 Å². The number of alkyl carbamates (subject to hydrolysis) is 1. The molecule has 3 amide bonds. The zero-order valence-electron chi connectivity index (χ0n) is 19.9. The Morgan fingerprint density at radius 1 is 1.14 bits per heavy atom. The summed E-state index contributed by atoms with van der Waals surface area (Å²) in [6, 6.07) is 5.66. The van der Waals surface area contributed by atoms with Gasteiger partial charge in [0.1, 0.15) is 17.9 Å². The van der Waals surface area contributed by atoms with Crippen LogP contribution in [0.15, 0.2) is 24.3 Å². The van der Waals surface area contributed by atoms with Crippen molar-refractivity contribution in [3.05, 3.63) is 34.9 Å². The van der Waals surface area contributed by atoms with Crippen molar-refractivity contribution in [3.8, 4) is 0 Å². The van der Waals surface area contributed by atoms with E-state index >= 15 is 0 Å². The smallest absolute Gasteiger partial charge is 0.408 e. The summed E-state index contributed by atoms with van der Waals surface area (Å²) in [7, 11) is 0. The zero-order chi connectivity index (χ0) is 24.8. The summed E-state index contributed by atoms with van der Waals surface area (Å²) < 4.78 is 5.80. The van der Waals surface area contributed by atoms with Crippen LogP contribution in [0.25, 0.3) is 0 Å². The number of carbonyl (C=O) groups is 4. The molecule has 4 rings (SSSR count). The number of rotatable bonds is 10. The number of hydrogen-bond donors (Lipinski definition) is 3. The van der Waals surface area contributed by atoms with Crippen LogP contribution in [0, 0.1) is 11.8 Å². The molecule has 2 aliphatic carbocycles. The Labute approximate surface area is 210 Å². The van der Waals surface area contributed by atoms with E-state index in [4.69, 9.17) is 16.3 Å². The number of benzene rings is 1. The lowest BCUT2D eigenvalue weighted by Gasteiger charge is -2.28. The number of nitrogens with one attached hydrogen (secondary N) is 3. The van der Waals surface area contributed by atoms with Crippen molar-refractivity contribution in [1.82, 2.24) is 16.0 Å². The minimum absolute atomic E-state index is 0.0951. The molecule has 1 heterocycles. The molecule has 1 aliphatic heterocycles. The molecule has 2 saturated carbocycles. The largest absolute Gasteiger partial charge is 0.438 e. The Morgan fingerprint density at radius 2 is 1.91 bits per heavy atom. The van der Waals surface area contributed by atoms with Crippen LogP contribution < -0.4 is 16.0 Å². The lowest BCUT2D eigenvalue weighted by Crippen LogP contribution is -2.51. The molecule has 0 unspecified atom stereocenters. The summed E-state index contributed by atoms with van der Waals surface area (Å²) in [5.74, 6) is -0.497. The van der Waals surface area contributed by atoms with E-state index in [1.54, 1.807) is 12.1 Å². The standard InChI is InChI=1S/C26H34ClN3O5/c27-20-8-4-7-19(15-20)26(10-11-26)35-25(34)30-22(13-17-5-2-1-3-6-17)24(33)29-21(16-31)14-18-9-12-28-23(18)32/h4,7-8,15-18,21-22H,1-3,5-6,9-14H2,(H,28,32)(H,29,33)(H,30,34)/t18-,21-,22-/m0/s1. The van der Waals surface area contributed by atoms with Gasteiger partial charge in [0, 0.05) is 17.5 Å². The fourth-order valence-corrected chi connectivity index (χ4v) is 5.47. The maximum atomic E-state index is 13.2. The predicted molar refractivity (Wildman–Crippen MR) is 131 cm³/mol. The average molecular weight is 504 g/mol. The first-order valence-corrected chi connectivity index (χ1v) is 13.1. The van der Waals surface area contributed by atoms with Crippen LogP contribution in [0.3, 0.4) is 0 Å². The highest BCUT2D eigenvalue weighted by Gasteiger charge is 2.49. The third kappa shape index (κ3) is 6.75. The lowest BCUT2D eigenvalue weighted by molar-refractivity contribution is -0.127. The van der Waals surface area contributed by atoms with E-state index in [-0.39, 0.29) is 18.2 Å². The van der Waals surface area contributed by atoms with Gasteiger partial charge in [0.2, 0.25) is 11.8 Å². The van der Waals surface area contributed by atoms with Crippen LogP contribution in [-0.2, 0) is 24.7 Å². The van der Waals surface area contributed by atoms with Crippen LogP contribution in [0.1, 0.15) is 69.8 Å². The quantitative estimate of drug-likeness (QED) is 0.422. The molecule has 3 fully saturated rings. The summed E-state index contributed by atoms with van der Waals surface area (Å²) in [6.07, 6.45) is 8.17. The van der Waals surface area contributed by atoms with Crippen LogP contribution in [0.4, 0.5) is 4.79 Å². The first kappa shape index (κ1) is 25.5. The topological polar surface area (TPSA) is 114 Å². The Kier molecular flexibility index (Phi) is 8.31. The number of amides is 3. The second-order valence-electron chi connectivity index (χ2n) is 10.1. The van der Waals surface area contributed by atoms with Gasteiger partial charge in [-0.05, 0) is 55.7 Å². The molecule has 0 spiro atoms. The van der Waals surface area contributed by atoms with Crippen LogP contribution in [0.5, 0.6) is 0 Å². The second kappa shape index (κ2) is 11.4. The summed E-state index contributed by atoms with van der Waals surface area (Å²) in [4.78, 5) is 49.7. The number of halogens is 1. The first-order chi connectivity index (χ1) is 16.9. The Morgan fingerprint density at radius 3 is 2.54 bits per heavy atom. The van der Waals surface area contributed by atoms with Gasteiger partial charge in [-0.25, -0.2) is 4.79 Å². The highest BCUT2D eigenvalue weighted by atomic mass is 35.5. The van der Waals surface area contributed by atoms with Gasteiger partial charge in [-0.3, -0.25) is 9.59 Å². The molecule has 8 nitrogen and oxygen atoms in total. The minimum atomic E-state index is -0.819. The molecule has 3 atom stereocenters. The normalized spacial score (nSPS) is 23.0. The molecule has 0 radical (unpaired) electrons. The van der Waals surface area contributed by atoms with Gasteiger partial charge in [0.15, 0.2) is 0 Å². The molecule has 3 aliphatic rings. The molecular weight excluding hydrogens is 470 g/mol. The summed E-state index contributed by atoms with van der Waals surface area (Å²) in [5, 5.41) is 8.85. The van der Waals surface area contributed by atoms with Gasteiger partial charge in [0.05, 0.1) is 6.04 Å². The lowest BCUT2D eigenvalue weighted by atomic mass is 9.84. The molecule has 0 bridgehead atoms. The fourth-order valence-electron chi connectivity index (χ4n) is 5.28. The highest BCUT2D eigenvalue weighted by molar-refractivity contribution is 6.30. The second-order valence-corrected chi connectivity index (χ2v) is 10.5. The van der Waals surface area contributed by atoms with Gasteiger partial charge in [-0.1, -0.05) is 55.8 Å². The number of carbonyl (C=O) groups excluding carboxylic acids is 4. The predicted octanol–water partition coefficient (Wildman–Crippen LogP) is 3.60. The van der Waals surface area contributed by atoms with Gasteiger partial charge in [-0.15, -0.1) is 0 Å². The maximum absolute atomic E-state index is 13.2. The van der Waals surface area contributed by atoms with Crippen LogP contribution >= 0.6 is 11.6 Å². The number of hydrogen-bond acceptors (Lipinski definition) is 5. The minimum Gasteiger partial charge on any atom is -0.438 e. The van der Waals surface area contributed by atoms with Crippen molar-refractivity contribution < 1.29 is 23.9 Å². The van der Waals surface area contributed by atoms with Crippen molar-refractivity contribution in [1.29, 1.82) is 0 Å². The maximum Gasteiger partial charge on any atom is 0.408 e. The molecule has 1 aromatic rings. The fraction of sp³-hybridized carbons (Fsp3) is 0.615. The average Bonchev–Trinajstić information content (AvgIpc) is 3.52. The van der Waals surface area contributed by atoms with Crippen LogP contribution in [0.2, 0.25) is 5.02 Å². The van der Waals surface area contributed by atoms with Crippen molar-refractivity contribution in [3.63, 3.8) is 0 Å². The van der Waals surface area contributed by atoms with E-state index in [1.807, 2.05) is 12.1 Å². The molecule has 35 heavy (non-hydrogen) atoms. The number of ether oxygens (including phenoxy) is 1. The monoisotopic (exact) mass is 503 g/mol. The van der Waals surface area contributed by atoms with Gasteiger partial charge < -0.3 is 25.5 Å². The van der Waals surface area contributed by atoms with E-state index in [0.29, 0.717) is 49.5 Å². The third-order valence-electron chi connectivity index (χ3n) is 7.44. The SMILES string of the molecule is O=C[C@H](C[C@@H]1CCNC1=O)NC(=O)[C@H](CC1CCCCC1)NC(=O)OC1(c2cccc(Cl)c2)CC1. The molecule has 0 aromatic heterocycles. The highest BCUT2D eigenvalue weighted by Crippen LogP contribution is 2.49. The van der Waals surface area contributed by atoms with Crippen molar-refractivity contribution in [2.45, 2.75) is 81.9 Å². The van der Waals surface area contributed by atoms with E-state index in [1.165, 1.54) is 6.42 Å². The van der Waals surface area contributed by atoms with Gasteiger partial charge in [-0.2, -0.15) is 0 Å². The van der Waals surface area contributed by atoms with Gasteiger partial charge >= 0.3 is 6.09 Å². The van der Waals surface area contributed by atoms with E-state index in [0.717, 1.165) is 31.2 Å². The molecule has 3 N–H and O–H groups in total. The number of aldehydes is 1. The first-order valence-electron chi connectivity index (χ1n) is 12.7. The Balaban J connectivity index is 1.40. The van der Waals surface area contributed by atoms with Crippen molar-refractivity contribution >= 4 is 35.8 Å². The van der Waals surface area contributed by atoms with Crippen LogP contribution in [-0.4, -0.2) is 42.8 Å². The van der Waals surface area contributed by atoms with E-state index in [2.05, 4.69) is 16.0 Å². The third-order valence-corrected chi connectivity index (χ3v) is 7.67. The van der Waals surface area contributed by atoms with E-state index < -0.39 is 29.7 Å². The van der Waals surface area contributed by atoms with Crippen molar-refractivity contribution in [2.24, 2.45) is 11.8 Å². The summed E-state index contributed by atoms with van der Waals surface area (Å²) >= 11 is 6.12. The molecule has 1 saturated heterocycles. The summed E-state index contributed by atoms with van der Waals surface area (Å²) in [6.45, 7) is 0.578.